The molecule has 0 saturated carbocycles. The molecule has 3 atom stereocenters. The molecule has 1 aromatic carbocycles. The average Bonchev–Trinajstić information content (AvgIpc) is 2.61. The molecule has 2 heterocycles. The maximum Gasteiger partial charge on any atom is 0.415 e. The minimum atomic E-state index is -0.423. The number of carbonyl (C=O) groups excluding carboxylic acids is 2. The van der Waals surface area contributed by atoms with Crippen LogP contribution in [-0.4, -0.2) is 48.7 Å². The van der Waals surface area contributed by atoms with E-state index in [1.165, 1.54) is 12.2 Å². The summed E-state index contributed by atoms with van der Waals surface area (Å²) in [5, 5.41) is 1.22. The monoisotopic (exact) mass is 316 g/mol. The van der Waals surface area contributed by atoms with Gasteiger partial charge in [-0.25, -0.2) is 9.86 Å². The highest BCUT2D eigenvalue weighted by Crippen LogP contribution is 2.35. The van der Waals surface area contributed by atoms with Crippen molar-refractivity contribution in [1.82, 2.24) is 9.96 Å². The SMILES string of the molecule is CON(C)C(=O)[C@@H]1C[C@@H]2C=C[C@H]1N(C(=O)Oc1ccccc1)C2. The first-order valence-corrected chi connectivity index (χ1v) is 7.63. The van der Waals surface area contributed by atoms with E-state index < -0.39 is 6.09 Å². The van der Waals surface area contributed by atoms with Crippen LogP contribution in [0.25, 0.3) is 0 Å². The van der Waals surface area contributed by atoms with Crippen LogP contribution in [0.5, 0.6) is 5.75 Å². The number of nitrogens with zero attached hydrogens (tertiary/aromatic N) is 2. The smallest absolute Gasteiger partial charge is 0.410 e. The summed E-state index contributed by atoms with van der Waals surface area (Å²) in [5.74, 6) is 0.249. The first-order chi connectivity index (χ1) is 11.1. The number of fused-ring (bicyclic) bond motifs is 2. The largest absolute Gasteiger partial charge is 0.415 e. The number of ether oxygens (including phenoxy) is 1. The van der Waals surface area contributed by atoms with Gasteiger partial charge in [0.05, 0.1) is 19.1 Å². The van der Waals surface area contributed by atoms with Crippen LogP contribution < -0.4 is 4.74 Å². The van der Waals surface area contributed by atoms with E-state index in [2.05, 4.69) is 6.08 Å². The fourth-order valence-electron chi connectivity index (χ4n) is 3.19. The molecule has 1 aromatic rings. The summed E-state index contributed by atoms with van der Waals surface area (Å²) in [4.78, 5) is 31.5. The fraction of sp³-hybridized carbons (Fsp3) is 0.412. The van der Waals surface area contributed by atoms with Crippen LogP contribution in [0.2, 0.25) is 0 Å². The zero-order valence-corrected chi connectivity index (χ0v) is 13.2. The molecule has 1 aliphatic carbocycles. The molecule has 0 aromatic heterocycles. The molecule has 23 heavy (non-hydrogen) atoms. The summed E-state index contributed by atoms with van der Waals surface area (Å²) in [6, 6.07) is 8.66. The Labute approximate surface area is 135 Å². The Morgan fingerprint density at radius 3 is 2.61 bits per heavy atom. The summed E-state index contributed by atoms with van der Waals surface area (Å²) in [6.07, 6.45) is 4.31. The van der Waals surface area contributed by atoms with Crippen molar-refractivity contribution in [3.05, 3.63) is 42.5 Å². The Bertz CT molecular complexity index is 616. The van der Waals surface area contributed by atoms with Crippen LogP contribution in [0, 0.1) is 11.8 Å². The molecule has 6 nitrogen and oxygen atoms in total. The van der Waals surface area contributed by atoms with Gasteiger partial charge in [-0.1, -0.05) is 30.4 Å². The first kappa shape index (κ1) is 15.6. The van der Waals surface area contributed by atoms with Crippen LogP contribution in [0.15, 0.2) is 42.5 Å². The van der Waals surface area contributed by atoms with Crippen LogP contribution in [0.3, 0.4) is 0 Å². The molecule has 2 amide bonds. The number of para-hydroxylation sites is 1. The molecule has 0 unspecified atom stereocenters. The van der Waals surface area contributed by atoms with E-state index in [9.17, 15) is 9.59 Å². The summed E-state index contributed by atoms with van der Waals surface area (Å²) in [7, 11) is 3.04. The zero-order chi connectivity index (χ0) is 16.4. The summed E-state index contributed by atoms with van der Waals surface area (Å²) in [6.45, 7) is 0.577. The van der Waals surface area contributed by atoms with Gasteiger partial charge in [0.2, 0.25) is 0 Å². The third-order valence-electron chi connectivity index (χ3n) is 4.42. The lowest BCUT2D eigenvalue weighted by Gasteiger charge is -2.45. The summed E-state index contributed by atoms with van der Waals surface area (Å²) < 4.78 is 5.42. The van der Waals surface area contributed by atoms with Crippen molar-refractivity contribution < 1.29 is 19.2 Å². The van der Waals surface area contributed by atoms with Gasteiger partial charge in [-0.05, 0) is 24.5 Å². The van der Waals surface area contributed by atoms with E-state index in [1.54, 1.807) is 24.1 Å². The molecule has 122 valence electrons. The molecule has 1 saturated heterocycles. The number of piperidine rings is 1. The van der Waals surface area contributed by atoms with Crippen molar-refractivity contribution in [1.29, 1.82) is 0 Å². The van der Waals surface area contributed by atoms with Crippen molar-refractivity contribution in [3.8, 4) is 5.75 Å². The van der Waals surface area contributed by atoms with E-state index in [0.29, 0.717) is 12.3 Å². The van der Waals surface area contributed by atoms with E-state index in [0.717, 1.165) is 6.42 Å². The second-order valence-corrected chi connectivity index (χ2v) is 5.83. The van der Waals surface area contributed by atoms with Gasteiger partial charge in [0.25, 0.3) is 5.91 Å². The highest BCUT2D eigenvalue weighted by atomic mass is 16.7. The van der Waals surface area contributed by atoms with Gasteiger partial charge in [0.15, 0.2) is 0 Å². The quantitative estimate of drug-likeness (QED) is 0.633. The Hall–Kier alpha value is -2.34. The molecular weight excluding hydrogens is 296 g/mol. The molecule has 4 rings (SSSR count). The van der Waals surface area contributed by atoms with Crippen molar-refractivity contribution in [3.63, 3.8) is 0 Å². The number of benzene rings is 1. The lowest BCUT2D eigenvalue weighted by atomic mass is 9.77. The lowest BCUT2D eigenvalue weighted by molar-refractivity contribution is -0.176. The maximum absolute atomic E-state index is 12.5. The summed E-state index contributed by atoms with van der Waals surface area (Å²) in [5.41, 5.74) is 0. The van der Waals surface area contributed by atoms with E-state index in [1.807, 2.05) is 24.3 Å². The predicted octanol–water partition coefficient (Wildman–Crippen LogP) is 2.08. The molecule has 0 spiro atoms. The third kappa shape index (κ3) is 3.07. The van der Waals surface area contributed by atoms with Gasteiger partial charge < -0.3 is 9.64 Å². The molecular formula is C17H20N2O4. The second kappa shape index (κ2) is 6.42. The van der Waals surface area contributed by atoms with Crippen molar-refractivity contribution in [2.24, 2.45) is 11.8 Å². The number of carbonyl (C=O) groups is 2. The standard InChI is InChI=1S/C17H20N2O4/c1-18(22-2)16(20)14-10-12-8-9-15(14)19(11-12)17(21)23-13-6-4-3-5-7-13/h3-9,12,14-15H,10-11H2,1-2H3/t12-,14+,15+/m0/s1. The fourth-order valence-corrected chi connectivity index (χ4v) is 3.19. The van der Waals surface area contributed by atoms with Crippen molar-refractivity contribution >= 4 is 12.0 Å². The highest BCUT2D eigenvalue weighted by Gasteiger charge is 2.44. The Kier molecular flexibility index (Phi) is 4.34. The van der Waals surface area contributed by atoms with Crippen molar-refractivity contribution in [2.75, 3.05) is 20.7 Å². The van der Waals surface area contributed by atoms with E-state index >= 15 is 0 Å². The summed E-state index contributed by atoms with van der Waals surface area (Å²) >= 11 is 0. The van der Waals surface area contributed by atoms with E-state index in [4.69, 9.17) is 9.57 Å². The Balaban J connectivity index is 1.74. The minimum absolute atomic E-state index is 0.121. The van der Waals surface area contributed by atoms with Gasteiger partial charge >= 0.3 is 6.09 Å². The zero-order valence-electron chi connectivity index (χ0n) is 13.2. The van der Waals surface area contributed by atoms with Crippen molar-refractivity contribution in [2.45, 2.75) is 12.5 Å². The maximum atomic E-state index is 12.5. The molecule has 6 heteroatoms. The van der Waals surface area contributed by atoms with Gasteiger partial charge in [-0.3, -0.25) is 9.63 Å². The van der Waals surface area contributed by atoms with Gasteiger partial charge in [0.1, 0.15) is 5.75 Å². The van der Waals surface area contributed by atoms with Gasteiger partial charge in [-0.2, -0.15) is 0 Å². The Morgan fingerprint density at radius 2 is 1.96 bits per heavy atom. The van der Waals surface area contributed by atoms with Crippen LogP contribution in [0.4, 0.5) is 4.79 Å². The second-order valence-electron chi connectivity index (χ2n) is 5.83. The average molecular weight is 316 g/mol. The van der Waals surface area contributed by atoms with Gasteiger partial charge in [-0.15, -0.1) is 0 Å². The number of hydrogen-bond donors (Lipinski definition) is 0. The lowest BCUT2D eigenvalue weighted by Crippen LogP contribution is -2.57. The molecule has 1 fully saturated rings. The van der Waals surface area contributed by atoms with Crippen LogP contribution >= 0.6 is 0 Å². The topological polar surface area (TPSA) is 59.1 Å². The number of amides is 2. The van der Waals surface area contributed by atoms with Gasteiger partial charge in [0, 0.05) is 13.6 Å². The Morgan fingerprint density at radius 1 is 1.22 bits per heavy atom. The number of hydrogen-bond acceptors (Lipinski definition) is 4. The predicted molar refractivity (Wildman–Crippen MR) is 83.5 cm³/mol. The number of hydroxylamine groups is 2. The van der Waals surface area contributed by atoms with Crippen LogP contribution in [-0.2, 0) is 9.63 Å². The molecule has 0 radical (unpaired) electrons. The highest BCUT2D eigenvalue weighted by molar-refractivity contribution is 5.81. The first-order valence-electron chi connectivity index (χ1n) is 7.63. The molecule has 3 aliphatic rings. The molecule has 0 N–H and O–H groups in total. The number of rotatable bonds is 3. The minimum Gasteiger partial charge on any atom is -0.410 e. The molecule has 2 aliphatic heterocycles. The normalized spacial score (nSPS) is 25.3. The third-order valence-corrected chi connectivity index (χ3v) is 4.42. The van der Waals surface area contributed by atoms with Crippen LogP contribution in [0.1, 0.15) is 6.42 Å². The van der Waals surface area contributed by atoms with E-state index in [-0.39, 0.29) is 23.8 Å². The molecule has 2 bridgehead atoms.